The molecule has 1 aromatic heterocycles. The lowest BCUT2D eigenvalue weighted by atomic mass is 10.2. The van der Waals surface area contributed by atoms with Crippen LogP contribution in [0.15, 0.2) is 17.2 Å². The number of ether oxygens (including phenoxy) is 1. The summed E-state index contributed by atoms with van der Waals surface area (Å²) < 4.78 is 4.77. The monoisotopic (exact) mass is 255 g/mol. The summed E-state index contributed by atoms with van der Waals surface area (Å²) >= 11 is 1.22. The van der Waals surface area contributed by atoms with Crippen LogP contribution in [0.25, 0.3) is 0 Å². The fourth-order valence-corrected chi connectivity index (χ4v) is 1.89. The molecule has 0 saturated carbocycles. The second-order valence-corrected chi connectivity index (χ2v) is 4.18. The molecule has 0 amide bonds. The molecule has 0 unspecified atom stereocenters. The molecule has 1 N–H and O–H groups in total. The van der Waals surface area contributed by atoms with E-state index in [2.05, 4.69) is 4.98 Å². The maximum atomic E-state index is 11.1. The second kappa shape index (κ2) is 6.24. The van der Waals surface area contributed by atoms with Gasteiger partial charge in [0.05, 0.1) is 28.6 Å². The van der Waals surface area contributed by atoms with Gasteiger partial charge in [0.15, 0.2) is 0 Å². The lowest BCUT2D eigenvalue weighted by Gasteiger charge is -2.04. The van der Waals surface area contributed by atoms with E-state index in [1.807, 2.05) is 0 Å². The summed E-state index contributed by atoms with van der Waals surface area (Å²) in [6.45, 7) is 3.72. The summed E-state index contributed by atoms with van der Waals surface area (Å²) in [6.07, 6.45) is 0. The Morgan fingerprint density at radius 3 is 2.71 bits per heavy atom. The van der Waals surface area contributed by atoms with Crippen molar-refractivity contribution in [3.8, 4) is 0 Å². The summed E-state index contributed by atoms with van der Waals surface area (Å²) in [5.41, 5.74) is 0.608. The van der Waals surface area contributed by atoms with Crippen molar-refractivity contribution in [1.29, 1.82) is 0 Å². The Bertz CT molecular complexity index is 433. The number of pyridine rings is 1. The van der Waals surface area contributed by atoms with Crippen LogP contribution in [-0.2, 0) is 9.53 Å². The molecule has 0 saturated heterocycles. The number of nitrogens with zero attached hydrogens (tertiary/aromatic N) is 1. The van der Waals surface area contributed by atoms with E-state index < -0.39 is 5.97 Å². The third kappa shape index (κ3) is 4.07. The van der Waals surface area contributed by atoms with Crippen LogP contribution in [0.3, 0.4) is 0 Å². The fourth-order valence-electron chi connectivity index (χ4n) is 1.18. The highest BCUT2D eigenvalue weighted by Gasteiger charge is 2.10. The Hall–Kier alpha value is -1.56. The number of carbonyl (C=O) groups is 2. The molecule has 5 nitrogen and oxygen atoms in total. The highest BCUT2D eigenvalue weighted by atomic mass is 32.2. The molecule has 0 bridgehead atoms. The molecular weight excluding hydrogens is 242 g/mol. The molecule has 0 fully saturated rings. The van der Waals surface area contributed by atoms with Crippen LogP contribution < -0.4 is 0 Å². The summed E-state index contributed by atoms with van der Waals surface area (Å²) in [5.74, 6) is -1.14. The highest BCUT2D eigenvalue weighted by molar-refractivity contribution is 7.99. The zero-order valence-corrected chi connectivity index (χ0v) is 10.4. The van der Waals surface area contributed by atoms with Gasteiger partial charge in [0.2, 0.25) is 0 Å². The van der Waals surface area contributed by atoms with Gasteiger partial charge in [0.1, 0.15) is 0 Å². The van der Waals surface area contributed by atoms with E-state index in [0.29, 0.717) is 17.3 Å². The maximum absolute atomic E-state index is 11.1. The zero-order valence-electron chi connectivity index (χ0n) is 9.60. The van der Waals surface area contributed by atoms with Gasteiger partial charge in [-0.3, -0.25) is 4.79 Å². The van der Waals surface area contributed by atoms with Crippen molar-refractivity contribution in [2.75, 3.05) is 12.4 Å². The molecule has 92 valence electrons. The molecule has 0 aliphatic heterocycles. The van der Waals surface area contributed by atoms with Crippen molar-refractivity contribution in [3.05, 3.63) is 23.4 Å². The molecule has 0 radical (unpaired) electrons. The van der Waals surface area contributed by atoms with E-state index in [-0.39, 0.29) is 17.3 Å². The van der Waals surface area contributed by atoms with Gasteiger partial charge < -0.3 is 9.84 Å². The smallest absolute Gasteiger partial charge is 0.337 e. The molecular formula is C11H13NO4S. The molecule has 0 aromatic carbocycles. The molecule has 0 spiro atoms. The Morgan fingerprint density at radius 1 is 1.47 bits per heavy atom. The van der Waals surface area contributed by atoms with Crippen LogP contribution in [0.1, 0.15) is 23.0 Å². The Balaban J connectivity index is 2.65. The van der Waals surface area contributed by atoms with E-state index >= 15 is 0 Å². The standard InChI is InChI=1S/C11H13NO4S/c1-3-16-10(13)6-17-9-5-4-8(11(14)15)7(2)12-9/h4-5H,3,6H2,1-2H3,(H,14,15). The number of esters is 1. The Kier molecular flexibility index (Phi) is 4.96. The van der Waals surface area contributed by atoms with Crippen molar-refractivity contribution in [3.63, 3.8) is 0 Å². The van der Waals surface area contributed by atoms with Gasteiger partial charge in [-0.05, 0) is 26.0 Å². The Labute approximate surface area is 103 Å². The van der Waals surface area contributed by atoms with Gasteiger partial charge in [-0.25, -0.2) is 9.78 Å². The summed E-state index contributed by atoms with van der Waals surface area (Å²) in [7, 11) is 0. The molecule has 17 heavy (non-hydrogen) atoms. The van der Waals surface area contributed by atoms with Gasteiger partial charge in [-0.2, -0.15) is 0 Å². The molecule has 0 aliphatic rings. The predicted octanol–water partition coefficient (Wildman–Crippen LogP) is 1.74. The van der Waals surface area contributed by atoms with E-state index in [9.17, 15) is 9.59 Å². The number of hydrogen-bond acceptors (Lipinski definition) is 5. The number of thioether (sulfide) groups is 1. The first-order chi connectivity index (χ1) is 8.04. The fraction of sp³-hybridized carbons (Fsp3) is 0.364. The number of aryl methyl sites for hydroxylation is 1. The number of hydrogen-bond donors (Lipinski definition) is 1. The van der Waals surface area contributed by atoms with E-state index in [1.165, 1.54) is 17.8 Å². The molecule has 1 aromatic rings. The SMILES string of the molecule is CCOC(=O)CSc1ccc(C(=O)O)c(C)n1. The third-order valence-corrected chi connectivity index (χ3v) is 2.84. The van der Waals surface area contributed by atoms with Crippen molar-refractivity contribution < 1.29 is 19.4 Å². The lowest BCUT2D eigenvalue weighted by molar-refractivity contribution is -0.139. The minimum absolute atomic E-state index is 0.172. The van der Waals surface area contributed by atoms with Crippen LogP contribution in [0.4, 0.5) is 0 Å². The molecule has 0 atom stereocenters. The van der Waals surface area contributed by atoms with Crippen LogP contribution in [-0.4, -0.2) is 34.4 Å². The largest absolute Gasteiger partial charge is 0.478 e. The Morgan fingerprint density at radius 2 is 2.18 bits per heavy atom. The van der Waals surface area contributed by atoms with E-state index in [0.717, 1.165) is 0 Å². The van der Waals surface area contributed by atoms with Crippen molar-refractivity contribution in [2.24, 2.45) is 0 Å². The molecule has 1 heterocycles. The highest BCUT2D eigenvalue weighted by Crippen LogP contribution is 2.17. The number of aromatic carboxylic acids is 1. The van der Waals surface area contributed by atoms with Crippen molar-refractivity contribution in [1.82, 2.24) is 4.98 Å². The number of carboxylic acids is 1. The second-order valence-electron chi connectivity index (χ2n) is 3.18. The summed E-state index contributed by atoms with van der Waals surface area (Å²) in [6, 6.07) is 3.07. The van der Waals surface area contributed by atoms with Gasteiger partial charge >= 0.3 is 11.9 Å². The minimum Gasteiger partial charge on any atom is -0.478 e. The summed E-state index contributed by atoms with van der Waals surface area (Å²) in [5, 5.41) is 9.44. The lowest BCUT2D eigenvalue weighted by Crippen LogP contribution is -2.07. The van der Waals surface area contributed by atoms with Crippen LogP contribution in [0, 0.1) is 6.92 Å². The van der Waals surface area contributed by atoms with Crippen LogP contribution in [0.2, 0.25) is 0 Å². The topological polar surface area (TPSA) is 76.5 Å². The normalized spacial score (nSPS) is 10.0. The van der Waals surface area contributed by atoms with Gasteiger partial charge in [0, 0.05) is 0 Å². The van der Waals surface area contributed by atoms with Crippen LogP contribution >= 0.6 is 11.8 Å². The summed E-state index contributed by atoms with van der Waals surface area (Å²) in [4.78, 5) is 26.0. The first-order valence-corrected chi connectivity index (χ1v) is 6.02. The van der Waals surface area contributed by atoms with Crippen LogP contribution in [0.5, 0.6) is 0 Å². The predicted molar refractivity (Wildman–Crippen MR) is 63.3 cm³/mol. The minimum atomic E-state index is -1.00. The van der Waals surface area contributed by atoms with Gasteiger partial charge in [-0.15, -0.1) is 0 Å². The average Bonchev–Trinajstić information content (AvgIpc) is 2.26. The number of rotatable bonds is 5. The quantitative estimate of drug-likeness (QED) is 0.638. The van der Waals surface area contributed by atoms with Crippen molar-refractivity contribution >= 4 is 23.7 Å². The third-order valence-electron chi connectivity index (χ3n) is 1.93. The number of carbonyl (C=O) groups excluding carboxylic acids is 1. The maximum Gasteiger partial charge on any atom is 0.337 e. The number of carboxylic acid groups (broad SMARTS) is 1. The first kappa shape index (κ1) is 13.5. The first-order valence-electron chi connectivity index (χ1n) is 5.04. The van der Waals surface area contributed by atoms with E-state index in [4.69, 9.17) is 9.84 Å². The van der Waals surface area contributed by atoms with Gasteiger partial charge in [0.25, 0.3) is 0 Å². The molecule has 6 heteroatoms. The van der Waals surface area contributed by atoms with E-state index in [1.54, 1.807) is 19.9 Å². The van der Waals surface area contributed by atoms with Gasteiger partial charge in [-0.1, -0.05) is 11.8 Å². The van der Waals surface area contributed by atoms with Crippen molar-refractivity contribution in [2.45, 2.75) is 18.9 Å². The molecule has 0 aliphatic carbocycles. The molecule has 1 rings (SSSR count). The average molecular weight is 255 g/mol. The zero-order chi connectivity index (χ0) is 12.8. The number of aromatic nitrogens is 1.